The van der Waals surface area contributed by atoms with Gasteiger partial charge in [0.15, 0.2) is 0 Å². The van der Waals surface area contributed by atoms with Crippen LogP contribution >= 0.6 is 0 Å². The van der Waals surface area contributed by atoms with Gasteiger partial charge < -0.3 is 0 Å². The van der Waals surface area contributed by atoms with Crippen LogP contribution in [0, 0.1) is 5.92 Å². The molecule has 3 N–H and O–H groups in total. The molecule has 0 heterocycles. The van der Waals surface area contributed by atoms with Crippen molar-refractivity contribution >= 4 is 0 Å². The molecule has 1 atom stereocenters. The largest absolute Gasteiger partial charge is 0.271 e. The Hall–Kier alpha value is -0.340. The van der Waals surface area contributed by atoms with Gasteiger partial charge in [-0.3, -0.25) is 11.3 Å². The van der Waals surface area contributed by atoms with E-state index in [0.717, 1.165) is 18.8 Å². The zero-order valence-corrected chi connectivity index (χ0v) is 10.1. The number of nitrogens with one attached hydrogen (secondary N) is 1. The van der Waals surface area contributed by atoms with E-state index in [-0.39, 0.29) is 0 Å². The normalized spacial score (nSPS) is 20.1. The van der Waals surface area contributed by atoms with E-state index in [1.807, 2.05) is 0 Å². The number of hydrogen-bond acceptors (Lipinski definition) is 2. The second-order valence-corrected chi connectivity index (χ2v) is 5.10. The molecule has 1 aliphatic rings. The summed E-state index contributed by atoms with van der Waals surface area (Å²) in [5.41, 5.74) is 4.23. The molecule has 2 heteroatoms. The average Bonchev–Trinajstić information content (AvgIpc) is 2.25. The Labute approximate surface area is 94.3 Å². The third kappa shape index (κ3) is 5.33. The first kappa shape index (κ1) is 12.7. The van der Waals surface area contributed by atoms with Gasteiger partial charge in [-0.2, -0.15) is 0 Å². The van der Waals surface area contributed by atoms with Crippen molar-refractivity contribution in [3.8, 4) is 0 Å². The van der Waals surface area contributed by atoms with Crippen LogP contribution in [0.4, 0.5) is 0 Å². The van der Waals surface area contributed by atoms with Crippen molar-refractivity contribution in [2.45, 2.75) is 64.3 Å². The molecule has 1 saturated carbocycles. The average molecular weight is 210 g/mol. The van der Waals surface area contributed by atoms with Crippen LogP contribution in [-0.2, 0) is 0 Å². The second kappa shape index (κ2) is 7.02. The van der Waals surface area contributed by atoms with Crippen LogP contribution in [0.5, 0.6) is 0 Å². The number of nitrogens with two attached hydrogens (primary N) is 1. The summed E-state index contributed by atoms with van der Waals surface area (Å²) in [6.07, 6.45) is 10.6. The Balaban J connectivity index is 2.22. The lowest BCUT2D eigenvalue weighted by Gasteiger charge is -2.26. The molecule has 0 spiro atoms. The first-order valence-electron chi connectivity index (χ1n) is 6.33. The van der Waals surface area contributed by atoms with E-state index in [2.05, 4.69) is 18.9 Å². The number of hydrogen-bond donors (Lipinski definition) is 2. The van der Waals surface area contributed by atoms with Crippen molar-refractivity contribution < 1.29 is 0 Å². The maximum atomic E-state index is 5.60. The van der Waals surface area contributed by atoms with Gasteiger partial charge >= 0.3 is 0 Å². The number of allylic oxidation sites excluding steroid dienone is 1. The van der Waals surface area contributed by atoms with Crippen LogP contribution in [0.3, 0.4) is 0 Å². The molecule has 1 fully saturated rings. The van der Waals surface area contributed by atoms with Crippen LogP contribution in [-0.4, -0.2) is 6.04 Å². The molecule has 0 aromatic heterocycles. The van der Waals surface area contributed by atoms with E-state index in [1.54, 1.807) is 0 Å². The maximum Gasteiger partial charge on any atom is 0.0216 e. The predicted molar refractivity (Wildman–Crippen MR) is 66.4 cm³/mol. The maximum absolute atomic E-state index is 5.60. The third-order valence-electron chi connectivity index (χ3n) is 3.50. The Kier molecular flexibility index (Phi) is 5.96. The van der Waals surface area contributed by atoms with Gasteiger partial charge in [-0.05, 0) is 32.1 Å². The van der Waals surface area contributed by atoms with Crippen LogP contribution in [0.2, 0.25) is 0 Å². The highest BCUT2D eigenvalue weighted by Crippen LogP contribution is 2.28. The lowest BCUT2D eigenvalue weighted by atomic mass is 9.84. The first-order chi connectivity index (χ1) is 7.22. The van der Waals surface area contributed by atoms with Crippen LogP contribution in [0.15, 0.2) is 12.2 Å². The molecule has 1 unspecified atom stereocenters. The van der Waals surface area contributed by atoms with Crippen molar-refractivity contribution in [1.82, 2.24) is 5.43 Å². The lowest BCUT2D eigenvalue weighted by Crippen LogP contribution is -2.37. The molecule has 1 aliphatic carbocycles. The van der Waals surface area contributed by atoms with Crippen LogP contribution < -0.4 is 11.3 Å². The monoisotopic (exact) mass is 210 g/mol. The summed E-state index contributed by atoms with van der Waals surface area (Å²) >= 11 is 0. The number of rotatable bonds is 6. The summed E-state index contributed by atoms with van der Waals surface area (Å²) in [5.74, 6) is 6.50. The summed E-state index contributed by atoms with van der Waals surface area (Å²) in [4.78, 5) is 0. The molecule has 0 aromatic carbocycles. The summed E-state index contributed by atoms with van der Waals surface area (Å²) in [7, 11) is 0. The van der Waals surface area contributed by atoms with E-state index in [9.17, 15) is 0 Å². The minimum atomic E-state index is 0.491. The molecule has 1 rings (SSSR count). The highest BCUT2D eigenvalue weighted by atomic mass is 15.2. The van der Waals surface area contributed by atoms with Gasteiger partial charge in [-0.15, -0.1) is 6.58 Å². The summed E-state index contributed by atoms with van der Waals surface area (Å²) in [6.45, 7) is 6.03. The summed E-state index contributed by atoms with van der Waals surface area (Å²) in [5, 5.41) is 0. The quantitative estimate of drug-likeness (QED) is 0.401. The molecular formula is C13H26N2. The Morgan fingerprint density at radius 3 is 2.60 bits per heavy atom. The van der Waals surface area contributed by atoms with E-state index < -0.39 is 0 Å². The van der Waals surface area contributed by atoms with Crippen molar-refractivity contribution in [2.24, 2.45) is 11.8 Å². The molecule has 2 nitrogen and oxygen atoms in total. The molecule has 0 saturated heterocycles. The van der Waals surface area contributed by atoms with Crippen molar-refractivity contribution in [2.75, 3.05) is 0 Å². The van der Waals surface area contributed by atoms with Gasteiger partial charge in [0.1, 0.15) is 0 Å². The SMILES string of the molecule is C=C(C)CCC(CC1CCCCC1)NN. The first-order valence-corrected chi connectivity index (χ1v) is 6.33. The Morgan fingerprint density at radius 1 is 1.40 bits per heavy atom. The van der Waals surface area contributed by atoms with Crippen LogP contribution in [0.1, 0.15) is 58.3 Å². The molecule has 0 radical (unpaired) electrons. The van der Waals surface area contributed by atoms with Gasteiger partial charge in [-0.1, -0.05) is 37.7 Å². The number of hydrazine groups is 1. The van der Waals surface area contributed by atoms with Crippen LogP contribution in [0.25, 0.3) is 0 Å². The molecule has 0 aliphatic heterocycles. The molecule has 0 bridgehead atoms. The zero-order valence-electron chi connectivity index (χ0n) is 10.1. The predicted octanol–water partition coefficient (Wildman–Crippen LogP) is 3.15. The smallest absolute Gasteiger partial charge is 0.0216 e. The highest BCUT2D eigenvalue weighted by Gasteiger charge is 2.17. The standard InChI is InChI=1S/C13H26N2/c1-11(2)8-9-13(15-14)10-12-6-4-3-5-7-12/h12-13,15H,1,3-10,14H2,2H3. The van der Waals surface area contributed by atoms with E-state index in [0.29, 0.717) is 6.04 Å². The lowest BCUT2D eigenvalue weighted by molar-refractivity contribution is 0.292. The van der Waals surface area contributed by atoms with Gasteiger partial charge in [0, 0.05) is 6.04 Å². The fourth-order valence-corrected chi connectivity index (χ4v) is 2.52. The topological polar surface area (TPSA) is 38.0 Å². The zero-order chi connectivity index (χ0) is 11.1. The van der Waals surface area contributed by atoms with E-state index in [1.165, 1.54) is 44.1 Å². The van der Waals surface area contributed by atoms with E-state index >= 15 is 0 Å². The van der Waals surface area contributed by atoms with Gasteiger partial charge in [0.2, 0.25) is 0 Å². The highest BCUT2D eigenvalue weighted by molar-refractivity contribution is 4.89. The van der Waals surface area contributed by atoms with Gasteiger partial charge in [0.25, 0.3) is 0 Å². The van der Waals surface area contributed by atoms with Gasteiger partial charge in [-0.25, -0.2) is 0 Å². The van der Waals surface area contributed by atoms with Crippen molar-refractivity contribution in [3.05, 3.63) is 12.2 Å². The minimum Gasteiger partial charge on any atom is -0.271 e. The fraction of sp³-hybridized carbons (Fsp3) is 0.846. The Bertz CT molecular complexity index is 183. The molecule has 88 valence electrons. The van der Waals surface area contributed by atoms with Crippen molar-refractivity contribution in [1.29, 1.82) is 0 Å². The third-order valence-corrected chi connectivity index (χ3v) is 3.50. The van der Waals surface area contributed by atoms with E-state index in [4.69, 9.17) is 5.84 Å². The van der Waals surface area contributed by atoms with Crippen molar-refractivity contribution in [3.63, 3.8) is 0 Å². The Morgan fingerprint density at radius 2 is 2.07 bits per heavy atom. The molecule has 0 amide bonds. The van der Waals surface area contributed by atoms with Gasteiger partial charge in [0.05, 0.1) is 0 Å². The molecule has 0 aromatic rings. The summed E-state index contributed by atoms with van der Waals surface area (Å²) in [6, 6.07) is 0.491. The minimum absolute atomic E-state index is 0.491. The molecular weight excluding hydrogens is 184 g/mol. The second-order valence-electron chi connectivity index (χ2n) is 5.10. The summed E-state index contributed by atoms with van der Waals surface area (Å²) < 4.78 is 0. The fourth-order valence-electron chi connectivity index (χ4n) is 2.52. The molecule has 15 heavy (non-hydrogen) atoms.